The largest absolute Gasteiger partial charge is 0.347 e. The van der Waals surface area contributed by atoms with E-state index >= 15 is 0 Å². The number of hydrogen-bond acceptors (Lipinski definition) is 3. The summed E-state index contributed by atoms with van der Waals surface area (Å²) in [5.74, 6) is 1.56. The van der Waals surface area contributed by atoms with Crippen LogP contribution in [-0.4, -0.2) is 26.0 Å². The number of rotatable bonds is 4. The Balaban J connectivity index is 1.82. The minimum atomic E-state index is -0.356. The van der Waals surface area contributed by atoms with Gasteiger partial charge < -0.3 is 5.32 Å². The lowest BCUT2D eigenvalue weighted by Crippen LogP contribution is -2.40. The van der Waals surface area contributed by atoms with Gasteiger partial charge in [0, 0.05) is 35.0 Å². The highest BCUT2D eigenvalue weighted by Gasteiger charge is 2.29. The van der Waals surface area contributed by atoms with Crippen molar-refractivity contribution in [3.8, 4) is 17.1 Å². The zero-order chi connectivity index (χ0) is 19.9. The number of carbonyl (C=O) groups excluding carboxylic acids is 1. The lowest BCUT2D eigenvalue weighted by Gasteiger charge is -2.21. The monoisotopic (exact) mass is 378 g/mol. The topological polar surface area (TPSA) is 59.8 Å². The number of carbonyl (C=O) groups is 1. The molecule has 0 aliphatic heterocycles. The van der Waals surface area contributed by atoms with E-state index in [0.717, 1.165) is 24.2 Å². The molecular formula is C22H23FN4O. The first-order valence-corrected chi connectivity index (χ1v) is 9.44. The van der Waals surface area contributed by atoms with E-state index in [1.165, 1.54) is 12.1 Å². The maximum absolute atomic E-state index is 13.4. The van der Waals surface area contributed by atoms with Crippen LogP contribution in [0.15, 0.2) is 48.8 Å². The Morgan fingerprint density at radius 3 is 2.54 bits per heavy atom. The maximum Gasteiger partial charge on any atom is 0.251 e. The van der Waals surface area contributed by atoms with E-state index < -0.39 is 0 Å². The van der Waals surface area contributed by atoms with E-state index in [4.69, 9.17) is 4.98 Å². The van der Waals surface area contributed by atoms with Crippen LogP contribution in [0.4, 0.5) is 4.39 Å². The summed E-state index contributed by atoms with van der Waals surface area (Å²) < 4.78 is 15.3. The average Bonchev–Trinajstić information content (AvgIpc) is 3.37. The van der Waals surface area contributed by atoms with Crippen molar-refractivity contribution in [2.75, 3.05) is 0 Å². The van der Waals surface area contributed by atoms with Crippen LogP contribution in [0.25, 0.3) is 17.1 Å². The molecule has 0 spiro atoms. The molecule has 3 aromatic rings. The molecule has 1 N–H and O–H groups in total. The van der Waals surface area contributed by atoms with E-state index in [9.17, 15) is 9.18 Å². The van der Waals surface area contributed by atoms with Gasteiger partial charge in [-0.15, -0.1) is 0 Å². The molecule has 2 heterocycles. The van der Waals surface area contributed by atoms with Gasteiger partial charge in [-0.1, -0.05) is 0 Å². The number of aromatic nitrogens is 3. The van der Waals surface area contributed by atoms with E-state index in [1.54, 1.807) is 30.5 Å². The molecule has 0 atom stereocenters. The first-order valence-electron chi connectivity index (χ1n) is 9.44. The number of pyridine rings is 1. The van der Waals surface area contributed by atoms with E-state index in [2.05, 4.69) is 10.3 Å². The van der Waals surface area contributed by atoms with Gasteiger partial charge in [-0.2, -0.15) is 0 Å². The van der Waals surface area contributed by atoms with Crippen LogP contribution in [0, 0.1) is 5.82 Å². The summed E-state index contributed by atoms with van der Waals surface area (Å²) in [7, 11) is 0. The Morgan fingerprint density at radius 1 is 1.18 bits per heavy atom. The van der Waals surface area contributed by atoms with Crippen molar-refractivity contribution in [2.24, 2.45) is 0 Å². The molecule has 1 amide bonds. The van der Waals surface area contributed by atoms with Crippen molar-refractivity contribution in [3.63, 3.8) is 0 Å². The Bertz CT molecular complexity index is 1010. The van der Waals surface area contributed by atoms with Gasteiger partial charge in [0.1, 0.15) is 17.5 Å². The number of benzene rings is 1. The zero-order valence-corrected chi connectivity index (χ0v) is 16.2. The summed E-state index contributed by atoms with van der Waals surface area (Å²) in [6.45, 7) is 5.82. The second-order valence-corrected chi connectivity index (χ2v) is 8.24. The third-order valence-electron chi connectivity index (χ3n) is 4.56. The van der Waals surface area contributed by atoms with Crippen LogP contribution >= 0.6 is 0 Å². The fraction of sp³-hybridized carbons (Fsp3) is 0.318. The van der Waals surface area contributed by atoms with Gasteiger partial charge in [0.25, 0.3) is 5.91 Å². The number of halogens is 1. The van der Waals surface area contributed by atoms with Gasteiger partial charge in [0.2, 0.25) is 0 Å². The van der Waals surface area contributed by atoms with Crippen LogP contribution in [0.5, 0.6) is 0 Å². The molecule has 144 valence electrons. The molecule has 1 fully saturated rings. The number of nitrogens with one attached hydrogen (secondary N) is 1. The molecule has 5 nitrogen and oxygen atoms in total. The molecule has 0 saturated heterocycles. The molecule has 0 radical (unpaired) electrons. The number of amides is 1. The Labute approximate surface area is 163 Å². The van der Waals surface area contributed by atoms with Crippen molar-refractivity contribution in [2.45, 2.75) is 45.1 Å². The van der Waals surface area contributed by atoms with Crippen LogP contribution < -0.4 is 5.32 Å². The Kier molecular flexibility index (Phi) is 4.49. The van der Waals surface area contributed by atoms with Gasteiger partial charge in [-0.05, 0) is 70.0 Å². The Hall–Kier alpha value is -3.02. The second-order valence-electron chi connectivity index (χ2n) is 8.24. The van der Waals surface area contributed by atoms with Gasteiger partial charge in [0.05, 0.1) is 5.69 Å². The fourth-order valence-electron chi connectivity index (χ4n) is 3.10. The van der Waals surface area contributed by atoms with Gasteiger partial charge in [-0.3, -0.25) is 9.36 Å². The van der Waals surface area contributed by atoms with Crippen LogP contribution in [0.1, 0.15) is 55.7 Å². The SMILES string of the molecule is CC(C)(C)NC(=O)c1cc(-c2ccc(F)cc2)nc(-n2ccnc2C2CC2)c1. The molecule has 1 aliphatic carbocycles. The minimum Gasteiger partial charge on any atom is -0.347 e. The maximum atomic E-state index is 13.4. The molecule has 1 aromatic carbocycles. The highest BCUT2D eigenvalue weighted by Crippen LogP contribution is 2.39. The first-order chi connectivity index (χ1) is 13.3. The Morgan fingerprint density at radius 2 is 1.89 bits per heavy atom. The predicted molar refractivity (Wildman–Crippen MR) is 106 cm³/mol. The third-order valence-corrected chi connectivity index (χ3v) is 4.56. The molecule has 2 aromatic heterocycles. The third kappa shape index (κ3) is 3.96. The van der Waals surface area contributed by atoms with Gasteiger partial charge >= 0.3 is 0 Å². The average molecular weight is 378 g/mol. The molecule has 1 aliphatic rings. The highest BCUT2D eigenvalue weighted by atomic mass is 19.1. The van der Waals surface area contributed by atoms with Crippen molar-refractivity contribution in [1.29, 1.82) is 0 Å². The van der Waals surface area contributed by atoms with Crippen molar-refractivity contribution in [1.82, 2.24) is 19.9 Å². The van der Waals surface area contributed by atoms with Crippen LogP contribution in [0.3, 0.4) is 0 Å². The lowest BCUT2D eigenvalue weighted by atomic mass is 10.1. The first kappa shape index (κ1) is 18.3. The molecular weight excluding hydrogens is 355 g/mol. The number of hydrogen-bond donors (Lipinski definition) is 1. The predicted octanol–water partition coefficient (Wildman–Crippen LogP) is 4.48. The summed E-state index contributed by atoms with van der Waals surface area (Å²) in [5.41, 5.74) is 1.52. The van der Waals surface area contributed by atoms with Gasteiger partial charge in [-0.25, -0.2) is 14.4 Å². The molecule has 4 rings (SSSR count). The summed E-state index contributed by atoms with van der Waals surface area (Å²) in [5, 5.41) is 2.99. The lowest BCUT2D eigenvalue weighted by molar-refractivity contribution is 0.0919. The molecule has 0 unspecified atom stereocenters. The second kappa shape index (κ2) is 6.86. The fourth-order valence-corrected chi connectivity index (χ4v) is 3.10. The molecule has 1 saturated carbocycles. The summed E-state index contributed by atoms with van der Waals surface area (Å²) in [6, 6.07) is 9.65. The molecule has 0 bridgehead atoms. The minimum absolute atomic E-state index is 0.174. The van der Waals surface area contributed by atoms with Crippen molar-refractivity contribution in [3.05, 3.63) is 66.0 Å². The number of nitrogens with zero attached hydrogens (tertiary/aromatic N) is 3. The van der Waals surface area contributed by atoms with E-state index in [1.807, 2.05) is 31.5 Å². The molecule has 28 heavy (non-hydrogen) atoms. The highest BCUT2D eigenvalue weighted by molar-refractivity contribution is 5.96. The summed E-state index contributed by atoms with van der Waals surface area (Å²) >= 11 is 0. The number of imidazole rings is 1. The normalized spacial score (nSPS) is 14.1. The molecule has 6 heteroatoms. The van der Waals surface area contributed by atoms with Crippen molar-refractivity contribution < 1.29 is 9.18 Å². The quantitative estimate of drug-likeness (QED) is 0.728. The summed E-state index contributed by atoms with van der Waals surface area (Å²) in [6.07, 6.45) is 5.86. The van der Waals surface area contributed by atoms with Crippen LogP contribution in [-0.2, 0) is 0 Å². The summed E-state index contributed by atoms with van der Waals surface area (Å²) in [4.78, 5) is 22.0. The smallest absolute Gasteiger partial charge is 0.251 e. The van der Waals surface area contributed by atoms with E-state index in [0.29, 0.717) is 23.0 Å². The van der Waals surface area contributed by atoms with Crippen LogP contribution in [0.2, 0.25) is 0 Å². The van der Waals surface area contributed by atoms with Crippen molar-refractivity contribution >= 4 is 5.91 Å². The zero-order valence-electron chi connectivity index (χ0n) is 16.2. The standard InChI is InChI=1S/C22H23FN4O/c1-22(2,3)26-21(28)16-12-18(14-6-8-17(23)9-7-14)25-19(13-16)27-11-10-24-20(27)15-4-5-15/h6-13,15H,4-5H2,1-3H3,(H,26,28). The van der Waals surface area contributed by atoms with Gasteiger partial charge in [0.15, 0.2) is 0 Å². The van der Waals surface area contributed by atoms with E-state index in [-0.39, 0.29) is 17.3 Å².